The fourth-order valence-electron chi connectivity index (χ4n) is 2.27. The van der Waals surface area contributed by atoms with Crippen molar-refractivity contribution < 1.29 is 14.6 Å². The van der Waals surface area contributed by atoms with Crippen molar-refractivity contribution >= 4 is 5.97 Å². The third kappa shape index (κ3) is 3.48. The number of aromatic nitrogens is 1. The van der Waals surface area contributed by atoms with E-state index in [0.29, 0.717) is 19.6 Å². The first-order chi connectivity index (χ1) is 9.72. The average Bonchev–Trinajstić information content (AvgIpc) is 2.86. The second-order valence-corrected chi connectivity index (χ2v) is 4.59. The molecule has 0 unspecified atom stereocenters. The van der Waals surface area contributed by atoms with Gasteiger partial charge in [-0.3, -0.25) is 0 Å². The zero-order chi connectivity index (χ0) is 14.4. The van der Waals surface area contributed by atoms with E-state index < -0.39 is 5.97 Å². The van der Waals surface area contributed by atoms with Gasteiger partial charge in [0.1, 0.15) is 0 Å². The third-order valence-electron chi connectivity index (χ3n) is 3.24. The van der Waals surface area contributed by atoms with Gasteiger partial charge in [-0.25, -0.2) is 0 Å². The van der Waals surface area contributed by atoms with Crippen molar-refractivity contribution in [1.82, 2.24) is 4.57 Å². The molecule has 2 rings (SSSR count). The summed E-state index contributed by atoms with van der Waals surface area (Å²) in [5.74, 6) is -1.02. The highest BCUT2D eigenvalue weighted by Gasteiger charge is 2.09. The molecular weight excluding hydrogens is 254 g/mol. The maximum Gasteiger partial charge on any atom is 0.0642 e. The number of rotatable bonds is 7. The van der Waals surface area contributed by atoms with Crippen molar-refractivity contribution in [3.63, 3.8) is 0 Å². The van der Waals surface area contributed by atoms with Gasteiger partial charge in [-0.05, 0) is 30.5 Å². The van der Waals surface area contributed by atoms with Crippen LogP contribution in [-0.2, 0) is 22.5 Å². The Morgan fingerprint density at radius 3 is 2.60 bits per heavy atom. The molecule has 4 nitrogen and oxygen atoms in total. The molecule has 0 aliphatic heterocycles. The van der Waals surface area contributed by atoms with Crippen LogP contribution in [0.5, 0.6) is 0 Å². The van der Waals surface area contributed by atoms with Gasteiger partial charge >= 0.3 is 0 Å². The topological polar surface area (TPSA) is 54.3 Å². The van der Waals surface area contributed by atoms with E-state index in [0.717, 1.165) is 17.0 Å². The molecule has 1 aromatic carbocycles. The Bertz CT molecular complexity index is 560. The van der Waals surface area contributed by atoms with Crippen molar-refractivity contribution in [2.24, 2.45) is 0 Å². The van der Waals surface area contributed by atoms with Gasteiger partial charge in [0, 0.05) is 31.0 Å². The first kappa shape index (κ1) is 14.3. The number of benzene rings is 1. The van der Waals surface area contributed by atoms with Crippen LogP contribution < -0.4 is 5.11 Å². The molecule has 2 aromatic rings. The van der Waals surface area contributed by atoms with Crippen LogP contribution in [0.2, 0.25) is 0 Å². The molecule has 106 valence electrons. The number of hydrogen-bond donors (Lipinski definition) is 0. The van der Waals surface area contributed by atoms with Crippen molar-refractivity contribution in [2.45, 2.75) is 19.4 Å². The van der Waals surface area contributed by atoms with Crippen molar-refractivity contribution in [3.8, 4) is 11.3 Å². The van der Waals surface area contributed by atoms with E-state index in [2.05, 4.69) is 4.57 Å². The predicted molar refractivity (Wildman–Crippen MR) is 75.1 cm³/mol. The van der Waals surface area contributed by atoms with E-state index in [1.54, 1.807) is 7.11 Å². The number of nitrogens with zero attached hydrogens (tertiary/aromatic N) is 1. The molecule has 0 saturated carbocycles. The Hall–Kier alpha value is -2.07. The minimum Gasteiger partial charge on any atom is -0.550 e. The fraction of sp³-hybridized carbons (Fsp3) is 0.312. The molecule has 0 N–H and O–H groups in total. The lowest BCUT2D eigenvalue weighted by Gasteiger charge is -2.13. The van der Waals surface area contributed by atoms with E-state index in [-0.39, 0.29) is 6.42 Å². The van der Waals surface area contributed by atoms with E-state index in [1.165, 1.54) is 0 Å². The second-order valence-electron chi connectivity index (χ2n) is 4.59. The van der Waals surface area contributed by atoms with Gasteiger partial charge in [-0.2, -0.15) is 0 Å². The molecule has 4 heteroatoms. The quantitative estimate of drug-likeness (QED) is 0.767. The van der Waals surface area contributed by atoms with E-state index in [1.807, 2.05) is 42.5 Å². The highest BCUT2D eigenvalue weighted by molar-refractivity contribution is 5.65. The number of carboxylic acid groups (broad SMARTS) is 1. The summed E-state index contributed by atoms with van der Waals surface area (Å²) in [7, 11) is 1.66. The number of methoxy groups -OCH3 is 1. The maximum atomic E-state index is 10.6. The summed E-state index contributed by atoms with van der Waals surface area (Å²) in [6.45, 7) is 1.29. The molecule has 1 aromatic heterocycles. The Morgan fingerprint density at radius 1 is 1.20 bits per heavy atom. The Labute approximate surface area is 118 Å². The zero-order valence-corrected chi connectivity index (χ0v) is 11.5. The molecule has 0 atom stereocenters. The monoisotopic (exact) mass is 272 g/mol. The smallest absolute Gasteiger partial charge is 0.0642 e. The van der Waals surface area contributed by atoms with Crippen LogP contribution in [0.1, 0.15) is 12.1 Å². The Morgan fingerprint density at radius 2 is 1.95 bits per heavy atom. The molecular formula is C16H18NO3-. The molecule has 0 aliphatic rings. The fourth-order valence-corrected chi connectivity index (χ4v) is 2.27. The Kier molecular flexibility index (Phi) is 4.96. The first-order valence-electron chi connectivity index (χ1n) is 6.65. The molecule has 0 bridgehead atoms. The summed E-state index contributed by atoms with van der Waals surface area (Å²) in [6, 6.07) is 14.0. The number of ether oxygens (including phenoxy) is 1. The summed E-state index contributed by atoms with van der Waals surface area (Å²) >= 11 is 0. The van der Waals surface area contributed by atoms with Crippen LogP contribution in [0, 0.1) is 0 Å². The van der Waals surface area contributed by atoms with Crippen LogP contribution in [0.25, 0.3) is 11.3 Å². The molecule has 1 heterocycles. The molecule has 0 radical (unpaired) electrons. The summed E-state index contributed by atoms with van der Waals surface area (Å²) in [5.41, 5.74) is 3.18. The number of hydrogen-bond acceptors (Lipinski definition) is 3. The van der Waals surface area contributed by atoms with Gasteiger partial charge < -0.3 is 19.2 Å². The summed E-state index contributed by atoms with van der Waals surface area (Å²) in [6.07, 6.45) is 0.504. The van der Waals surface area contributed by atoms with E-state index in [4.69, 9.17) is 4.74 Å². The first-order valence-corrected chi connectivity index (χ1v) is 6.65. The largest absolute Gasteiger partial charge is 0.550 e. The molecule has 0 saturated heterocycles. The lowest BCUT2D eigenvalue weighted by Crippen LogP contribution is -2.23. The van der Waals surface area contributed by atoms with Gasteiger partial charge in [-0.15, -0.1) is 0 Å². The zero-order valence-electron chi connectivity index (χ0n) is 11.5. The molecule has 0 spiro atoms. The van der Waals surface area contributed by atoms with E-state index >= 15 is 0 Å². The number of carbonyl (C=O) groups is 1. The summed E-state index contributed by atoms with van der Waals surface area (Å²) < 4.78 is 7.25. The van der Waals surface area contributed by atoms with Crippen molar-refractivity contribution in [3.05, 3.63) is 48.2 Å². The van der Waals surface area contributed by atoms with Gasteiger partial charge in [-0.1, -0.05) is 30.3 Å². The number of carbonyl (C=O) groups excluding carboxylic acids is 1. The minimum absolute atomic E-state index is 0.0330. The van der Waals surface area contributed by atoms with Crippen LogP contribution in [-0.4, -0.2) is 24.3 Å². The lowest BCUT2D eigenvalue weighted by atomic mass is 10.1. The van der Waals surface area contributed by atoms with Crippen LogP contribution >= 0.6 is 0 Å². The van der Waals surface area contributed by atoms with Gasteiger partial charge in [0.15, 0.2) is 0 Å². The molecule has 20 heavy (non-hydrogen) atoms. The van der Waals surface area contributed by atoms with Crippen LogP contribution in [0.15, 0.2) is 42.5 Å². The summed E-state index contributed by atoms with van der Waals surface area (Å²) in [5, 5.41) is 10.6. The SMILES string of the molecule is COCCn1c(CCC(=O)[O-])ccc1-c1ccccc1. The minimum atomic E-state index is -1.02. The second kappa shape index (κ2) is 6.91. The Balaban J connectivity index is 2.29. The third-order valence-corrected chi connectivity index (χ3v) is 3.24. The summed E-state index contributed by atoms with van der Waals surface area (Å²) in [4.78, 5) is 10.6. The number of carboxylic acids is 1. The molecule has 0 aliphatic carbocycles. The van der Waals surface area contributed by atoms with Crippen molar-refractivity contribution in [2.75, 3.05) is 13.7 Å². The van der Waals surface area contributed by atoms with E-state index in [9.17, 15) is 9.90 Å². The normalized spacial score (nSPS) is 10.7. The maximum absolute atomic E-state index is 10.6. The highest BCUT2D eigenvalue weighted by Crippen LogP contribution is 2.23. The standard InChI is InChI=1S/C16H19NO3/c1-20-12-11-17-14(8-10-16(18)19)7-9-15(17)13-5-3-2-4-6-13/h2-7,9H,8,10-12H2,1H3,(H,18,19)/p-1. The van der Waals surface area contributed by atoms with Crippen LogP contribution in [0.4, 0.5) is 0 Å². The van der Waals surface area contributed by atoms with Crippen LogP contribution in [0.3, 0.4) is 0 Å². The molecule has 0 amide bonds. The predicted octanol–water partition coefficient (Wildman–Crippen LogP) is 1.48. The van der Waals surface area contributed by atoms with Gasteiger partial charge in [0.05, 0.1) is 6.61 Å². The average molecular weight is 272 g/mol. The number of aryl methyl sites for hydroxylation is 1. The lowest BCUT2D eigenvalue weighted by molar-refractivity contribution is -0.305. The number of aliphatic carboxylic acids is 1. The highest BCUT2D eigenvalue weighted by atomic mass is 16.5. The van der Waals surface area contributed by atoms with Gasteiger partial charge in [0.25, 0.3) is 0 Å². The van der Waals surface area contributed by atoms with Crippen molar-refractivity contribution in [1.29, 1.82) is 0 Å². The van der Waals surface area contributed by atoms with Gasteiger partial charge in [0.2, 0.25) is 0 Å². The molecule has 0 fully saturated rings.